The smallest absolute Gasteiger partial charge is 0.245 e. The van der Waals surface area contributed by atoms with E-state index in [-0.39, 0.29) is 6.04 Å². The minimum absolute atomic E-state index is 0.0249. The normalized spacial score (nSPS) is 16.9. The lowest BCUT2D eigenvalue weighted by Crippen LogP contribution is -2.10. The molecule has 0 radical (unpaired) electrons. The van der Waals surface area contributed by atoms with Crippen molar-refractivity contribution in [1.82, 2.24) is 0 Å². The van der Waals surface area contributed by atoms with Crippen LogP contribution in [0.4, 0.5) is 0 Å². The average Bonchev–Trinajstić information content (AvgIpc) is 2.27. The molecule has 1 aromatic carbocycles. The van der Waals surface area contributed by atoms with Crippen LogP contribution in [0, 0.1) is 6.57 Å². The van der Waals surface area contributed by atoms with Gasteiger partial charge in [-0.15, -0.1) is 0 Å². The predicted octanol–water partition coefficient (Wildman–Crippen LogP) is 2.74. The lowest BCUT2D eigenvalue weighted by atomic mass is 9.98. The van der Waals surface area contributed by atoms with Crippen LogP contribution in [0.5, 0.6) is 0 Å². The van der Waals surface area contributed by atoms with Gasteiger partial charge in [0.05, 0.1) is 13.2 Å². The SMILES string of the molecule is [C-]#[N+]C(C)c1ccc2c(c1)CCOC2. The quantitative estimate of drug-likeness (QED) is 0.616. The second kappa shape index (κ2) is 3.81. The Morgan fingerprint density at radius 3 is 3.07 bits per heavy atom. The Morgan fingerprint density at radius 2 is 2.29 bits per heavy atom. The number of nitrogens with zero attached hydrogens (tertiary/aromatic N) is 1. The molecule has 72 valence electrons. The molecule has 1 atom stereocenters. The molecule has 0 aliphatic carbocycles. The first-order valence-electron chi connectivity index (χ1n) is 4.87. The molecule has 2 nitrogen and oxygen atoms in total. The number of rotatable bonds is 1. The molecule has 0 fully saturated rings. The van der Waals surface area contributed by atoms with Gasteiger partial charge < -0.3 is 9.58 Å². The van der Waals surface area contributed by atoms with Crippen molar-refractivity contribution in [3.8, 4) is 0 Å². The second-order valence-electron chi connectivity index (χ2n) is 3.64. The number of hydrogen-bond acceptors (Lipinski definition) is 1. The Kier molecular flexibility index (Phi) is 2.51. The van der Waals surface area contributed by atoms with Crippen molar-refractivity contribution in [1.29, 1.82) is 0 Å². The number of benzene rings is 1. The highest BCUT2D eigenvalue weighted by Crippen LogP contribution is 2.23. The van der Waals surface area contributed by atoms with Gasteiger partial charge in [0, 0.05) is 12.5 Å². The topological polar surface area (TPSA) is 13.6 Å². The number of ether oxygens (including phenoxy) is 1. The Labute approximate surface area is 84.3 Å². The van der Waals surface area contributed by atoms with E-state index in [0.717, 1.165) is 25.2 Å². The van der Waals surface area contributed by atoms with Crippen LogP contribution in [0.3, 0.4) is 0 Å². The van der Waals surface area contributed by atoms with Crippen molar-refractivity contribution in [3.63, 3.8) is 0 Å². The molecule has 14 heavy (non-hydrogen) atoms. The van der Waals surface area contributed by atoms with E-state index in [1.54, 1.807) is 0 Å². The third kappa shape index (κ3) is 1.64. The zero-order chi connectivity index (χ0) is 9.97. The molecule has 0 saturated heterocycles. The predicted molar refractivity (Wildman–Crippen MR) is 54.8 cm³/mol. The fourth-order valence-corrected chi connectivity index (χ4v) is 1.72. The summed E-state index contributed by atoms with van der Waals surface area (Å²) < 4.78 is 5.36. The molecule has 1 aromatic rings. The Balaban J connectivity index is 2.34. The van der Waals surface area contributed by atoms with Gasteiger partial charge in [-0.25, -0.2) is 6.57 Å². The van der Waals surface area contributed by atoms with Crippen molar-refractivity contribution in [3.05, 3.63) is 46.3 Å². The molecule has 2 rings (SSSR count). The summed E-state index contributed by atoms with van der Waals surface area (Å²) in [5, 5.41) is 0. The maximum Gasteiger partial charge on any atom is 0.245 e. The molecule has 1 aliphatic heterocycles. The monoisotopic (exact) mass is 187 g/mol. The zero-order valence-electron chi connectivity index (χ0n) is 8.29. The molecule has 0 aromatic heterocycles. The average molecular weight is 187 g/mol. The van der Waals surface area contributed by atoms with Gasteiger partial charge in [-0.1, -0.05) is 12.1 Å². The molecule has 0 bridgehead atoms. The molecule has 1 unspecified atom stereocenters. The minimum atomic E-state index is -0.0249. The molecular weight excluding hydrogens is 174 g/mol. The lowest BCUT2D eigenvalue weighted by Gasteiger charge is -2.16. The van der Waals surface area contributed by atoms with E-state index in [1.165, 1.54) is 11.1 Å². The summed E-state index contributed by atoms with van der Waals surface area (Å²) in [4.78, 5) is 3.53. The zero-order valence-corrected chi connectivity index (χ0v) is 8.29. The maximum atomic E-state index is 6.99. The van der Waals surface area contributed by atoms with Crippen molar-refractivity contribution in [2.45, 2.75) is 26.0 Å². The van der Waals surface area contributed by atoms with E-state index in [1.807, 2.05) is 13.0 Å². The standard InChI is InChI=1S/C12H13NO/c1-9(13-2)10-3-4-12-8-14-6-5-11(12)7-10/h3-4,7,9H,5-6,8H2,1H3. The molecule has 2 heteroatoms. The van der Waals surface area contributed by atoms with Gasteiger partial charge in [0.1, 0.15) is 0 Å². The Morgan fingerprint density at radius 1 is 1.43 bits per heavy atom. The molecule has 1 aliphatic rings. The van der Waals surface area contributed by atoms with E-state index in [4.69, 9.17) is 11.3 Å². The Hall–Kier alpha value is -1.33. The highest BCUT2D eigenvalue weighted by atomic mass is 16.5. The summed E-state index contributed by atoms with van der Waals surface area (Å²) in [6, 6.07) is 6.26. The maximum absolute atomic E-state index is 6.99. The van der Waals surface area contributed by atoms with Crippen LogP contribution in [0.2, 0.25) is 0 Å². The largest absolute Gasteiger partial charge is 0.376 e. The van der Waals surface area contributed by atoms with E-state index < -0.39 is 0 Å². The summed E-state index contributed by atoms with van der Waals surface area (Å²) in [5.41, 5.74) is 3.75. The number of fused-ring (bicyclic) bond motifs is 1. The summed E-state index contributed by atoms with van der Waals surface area (Å²) in [7, 11) is 0. The van der Waals surface area contributed by atoms with Crippen molar-refractivity contribution < 1.29 is 4.74 Å². The van der Waals surface area contributed by atoms with E-state index in [2.05, 4.69) is 17.0 Å². The fraction of sp³-hybridized carbons (Fsp3) is 0.417. The third-order valence-electron chi connectivity index (χ3n) is 2.68. The van der Waals surface area contributed by atoms with Gasteiger partial charge >= 0.3 is 0 Å². The molecule has 1 heterocycles. The van der Waals surface area contributed by atoms with Gasteiger partial charge in [-0.2, -0.15) is 0 Å². The summed E-state index contributed by atoms with van der Waals surface area (Å²) in [6.45, 7) is 10.5. The minimum Gasteiger partial charge on any atom is -0.376 e. The van der Waals surface area contributed by atoms with Crippen molar-refractivity contribution >= 4 is 0 Å². The molecule has 0 spiro atoms. The highest BCUT2D eigenvalue weighted by molar-refractivity contribution is 5.35. The van der Waals surface area contributed by atoms with Gasteiger partial charge in [0.15, 0.2) is 0 Å². The summed E-state index contributed by atoms with van der Waals surface area (Å²) in [5.74, 6) is 0. The second-order valence-corrected chi connectivity index (χ2v) is 3.64. The first-order chi connectivity index (χ1) is 6.81. The summed E-state index contributed by atoms with van der Waals surface area (Å²) in [6.07, 6.45) is 0.980. The van der Waals surface area contributed by atoms with Crippen LogP contribution in [-0.4, -0.2) is 6.61 Å². The van der Waals surface area contributed by atoms with Crippen LogP contribution in [0.25, 0.3) is 4.85 Å². The first-order valence-corrected chi connectivity index (χ1v) is 4.87. The summed E-state index contributed by atoms with van der Waals surface area (Å²) >= 11 is 0. The molecule has 0 amide bonds. The van der Waals surface area contributed by atoms with Crippen LogP contribution in [0.15, 0.2) is 18.2 Å². The van der Waals surface area contributed by atoms with Crippen molar-refractivity contribution in [2.24, 2.45) is 0 Å². The van der Waals surface area contributed by atoms with E-state index in [9.17, 15) is 0 Å². The Bertz CT molecular complexity index is 378. The van der Waals surface area contributed by atoms with Gasteiger partial charge in [-0.05, 0) is 23.6 Å². The van der Waals surface area contributed by atoms with Crippen molar-refractivity contribution in [2.75, 3.05) is 6.61 Å². The van der Waals surface area contributed by atoms with Crippen LogP contribution >= 0.6 is 0 Å². The van der Waals surface area contributed by atoms with Gasteiger partial charge in [-0.3, -0.25) is 0 Å². The highest BCUT2D eigenvalue weighted by Gasteiger charge is 2.14. The van der Waals surface area contributed by atoms with E-state index in [0.29, 0.717) is 0 Å². The lowest BCUT2D eigenvalue weighted by molar-refractivity contribution is 0.110. The van der Waals surface area contributed by atoms with Gasteiger partial charge in [0.25, 0.3) is 0 Å². The first kappa shape index (κ1) is 9.23. The van der Waals surface area contributed by atoms with Crippen LogP contribution < -0.4 is 0 Å². The third-order valence-corrected chi connectivity index (χ3v) is 2.68. The molecule has 0 N–H and O–H groups in total. The molecular formula is C12H13NO. The van der Waals surface area contributed by atoms with Gasteiger partial charge in [0.2, 0.25) is 6.04 Å². The van der Waals surface area contributed by atoms with E-state index >= 15 is 0 Å². The van der Waals surface area contributed by atoms with Crippen LogP contribution in [0.1, 0.15) is 29.7 Å². The fourth-order valence-electron chi connectivity index (χ4n) is 1.72. The van der Waals surface area contributed by atoms with Crippen LogP contribution in [-0.2, 0) is 17.8 Å². The number of hydrogen-bond donors (Lipinski definition) is 0. The molecule has 0 saturated carbocycles.